The van der Waals surface area contributed by atoms with E-state index in [1.165, 1.54) is 41.8 Å². The first kappa shape index (κ1) is 17.9. The molecule has 10 heteroatoms. The Morgan fingerprint density at radius 2 is 1.93 bits per heavy atom. The molecule has 8 nitrogen and oxygen atoms in total. The third-order valence-corrected chi connectivity index (χ3v) is 7.54. The number of benzene rings is 1. The molecular formula is C17H17N3O5S2. The van der Waals surface area contributed by atoms with E-state index in [4.69, 9.17) is 0 Å². The van der Waals surface area contributed by atoms with Gasteiger partial charge in [0.15, 0.2) is 5.13 Å². The van der Waals surface area contributed by atoms with Crippen LogP contribution in [0, 0.1) is 17.3 Å². The molecule has 27 heavy (non-hydrogen) atoms. The molecule has 0 spiro atoms. The summed E-state index contributed by atoms with van der Waals surface area (Å²) in [6, 6.07) is 5.75. The number of carboxylic acid groups (broad SMARTS) is 1. The second-order valence-electron chi connectivity index (χ2n) is 6.98. The van der Waals surface area contributed by atoms with E-state index >= 15 is 0 Å². The summed E-state index contributed by atoms with van der Waals surface area (Å²) < 4.78 is 27.0. The Kier molecular flexibility index (Phi) is 4.19. The van der Waals surface area contributed by atoms with E-state index in [1.54, 1.807) is 5.38 Å². The maximum absolute atomic E-state index is 12.7. The lowest BCUT2D eigenvalue weighted by atomic mass is 9.66. The number of thiazole rings is 1. The van der Waals surface area contributed by atoms with Crippen LogP contribution >= 0.6 is 11.3 Å². The minimum absolute atomic E-state index is 0.0434. The number of fused-ring (bicyclic) bond motifs is 1. The number of rotatable bonds is 6. The van der Waals surface area contributed by atoms with E-state index < -0.39 is 27.3 Å². The highest BCUT2D eigenvalue weighted by atomic mass is 32.2. The molecule has 0 radical (unpaired) electrons. The number of anilines is 2. The number of hydrogen-bond donors (Lipinski definition) is 3. The van der Waals surface area contributed by atoms with Crippen LogP contribution in [-0.2, 0) is 19.6 Å². The third-order valence-electron chi connectivity index (χ3n) is 5.37. The van der Waals surface area contributed by atoms with Crippen LogP contribution in [0.15, 0.2) is 40.7 Å². The van der Waals surface area contributed by atoms with Crippen LogP contribution in [0.4, 0.5) is 10.8 Å². The largest absolute Gasteiger partial charge is 0.481 e. The molecule has 3 fully saturated rings. The molecule has 1 amide bonds. The maximum atomic E-state index is 12.7. The topological polar surface area (TPSA) is 125 Å². The Bertz CT molecular complexity index is 980. The molecule has 1 heterocycles. The highest BCUT2D eigenvalue weighted by Gasteiger charge is 2.64. The van der Waals surface area contributed by atoms with Crippen molar-refractivity contribution in [1.82, 2.24) is 4.98 Å². The average molecular weight is 407 g/mol. The summed E-state index contributed by atoms with van der Waals surface area (Å²) in [6.45, 7) is 0. The first-order valence-electron chi connectivity index (χ1n) is 8.37. The molecule has 1 aromatic carbocycles. The Balaban J connectivity index is 1.47. The standard InChI is InChI=1S/C17H17N3O5S2/c21-14(22)13-7-10-8-17(13,9-10)15(23)19-11-1-3-12(4-2-11)27(24,25)20-16-18-5-6-26-16/h1-6,10,13H,7-9H2,(H,18,20)(H,19,23)(H,21,22). The van der Waals surface area contributed by atoms with Gasteiger partial charge in [-0.2, -0.15) is 0 Å². The zero-order chi connectivity index (χ0) is 19.2. The number of carbonyl (C=O) groups is 2. The van der Waals surface area contributed by atoms with Gasteiger partial charge in [-0.05, 0) is 49.4 Å². The van der Waals surface area contributed by atoms with Gasteiger partial charge in [0.25, 0.3) is 10.0 Å². The second-order valence-corrected chi connectivity index (χ2v) is 9.56. The van der Waals surface area contributed by atoms with Crippen molar-refractivity contribution in [2.45, 2.75) is 24.2 Å². The van der Waals surface area contributed by atoms with E-state index in [0.29, 0.717) is 30.9 Å². The lowest BCUT2D eigenvalue weighted by Crippen LogP contribution is -2.45. The maximum Gasteiger partial charge on any atom is 0.307 e. The minimum Gasteiger partial charge on any atom is -0.481 e. The molecule has 5 rings (SSSR count). The number of amides is 1. The van der Waals surface area contributed by atoms with Crippen LogP contribution < -0.4 is 10.0 Å². The molecule has 3 aliphatic rings. The summed E-state index contributed by atoms with van der Waals surface area (Å²) in [5.74, 6) is -1.58. The molecule has 1 aromatic heterocycles. The fraction of sp³-hybridized carbons (Fsp3) is 0.353. The molecule has 0 saturated heterocycles. The summed E-state index contributed by atoms with van der Waals surface area (Å²) in [5, 5.41) is 14.0. The van der Waals surface area contributed by atoms with Crippen molar-refractivity contribution >= 4 is 44.1 Å². The lowest BCUT2D eigenvalue weighted by Gasteiger charge is -2.38. The van der Waals surface area contributed by atoms with Crippen LogP contribution in [0.1, 0.15) is 19.3 Å². The number of aliphatic carboxylic acids is 1. The third kappa shape index (κ3) is 3.08. The van der Waals surface area contributed by atoms with Crippen molar-refractivity contribution in [2.24, 2.45) is 17.3 Å². The first-order valence-corrected chi connectivity index (χ1v) is 10.7. The Morgan fingerprint density at radius 1 is 1.22 bits per heavy atom. The fourth-order valence-corrected chi connectivity index (χ4v) is 5.87. The van der Waals surface area contributed by atoms with E-state index in [1.807, 2.05) is 0 Å². The van der Waals surface area contributed by atoms with Gasteiger partial charge in [-0.25, -0.2) is 13.4 Å². The van der Waals surface area contributed by atoms with E-state index in [0.717, 1.165) is 0 Å². The number of nitrogens with one attached hydrogen (secondary N) is 2. The van der Waals surface area contributed by atoms with Crippen LogP contribution in [0.2, 0.25) is 0 Å². The predicted octanol–water partition coefficient (Wildman–Crippen LogP) is 2.38. The van der Waals surface area contributed by atoms with Gasteiger partial charge in [0, 0.05) is 17.3 Å². The Morgan fingerprint density at radius 3 is 2.52 bits per heavy atom. The number of hydrogen-bond acceptors (Lipinski definition) is 6. The normalized spacial score (nSPS) is 26.2. The number of aromatic nitrogens is 1. The highest BCUT2D eigenvalue weighted by molar-refractivity contribution is 7.93. The van der Waals surface area contributed by atoms with E-state index in [-0.39, 0.29) is 15.9 Å². The van der Waals surface area contributed by atoms with Crippen molar-refractivity contribution < 1.29 is 23.1 Å². The first-order chi connectivity index (χ1) is 12.8. The van der Waals surface area contributed by atoms with E-state index in [2.05, 4.69) is 15.0 Å². The van der Waals surface area contributed by atoms with Crippen molar-refractivity contribution in [3.63, 3.8) is 0 Å². The second kappa shape index (κ2) is 6.31. The SMILES string of the molecule is O=C(O)C1CC2CC1(C(=O)Nc1ccc(S(=O)(=O)Nc3nccs3)cc1)C2. The molecule has 0 aliphatic heterocycles. The summed E-state index contributed by atoms with van der Waals surface area (Å²) in [5.41, 5.74) is -0.407. The highest BCUT2D eigenvalue weighted by Crippen LogP contribution is 2.62. The monoisotopic (exact) mass is 407 g/mol. The van der Waals surface area contributed by atoms with Gasteiger partial charge in [-0.3, -0.25) is 14.3 Å². The number of carbonyl (C=O) groups excluding carboxylic acids is 1. The van der Waals surface area contributed by atoms with Gasteiger partial charge in [0.05, 0.1) is 16.2 Å². The Hall–Kier alpha value is -2.46. The lowest BCUT2D eigenvalue weighted by molar-refractivity contribution is -0.150. The summed E-state index contributed by atoms with van der Waals surface area (Å²) in [4.78, 5) is 28.0. The van der Waals surface area contributed by atoms with Crippen molar-refractivity contribution in [3.05, 3.63) is 35.8 Å². The van der Waals surface area contributed by atoms with Gasteiger partial charge in [0.2, 0.25) is 5.91 Å². The van der Waals surface area contributed by atoms with Crippen molar-refractivity contribution in [1.29, 1.82) is 0 Å². The van der Waals surface area contributed by atoms with Gasteiger partial charge in [-0.1, -0.05) is 0 Å². The predicted molar refractivity (Wildman–Crippen MR) is 98.9 cm³/mol. The average Bonchev–Trinajstić information content (AvgIpc) is 3.29. The molecule has 3 saturated carbocycles. The smallest absolute Gasteiger partial charge is 0.307 e. The summed E-state index contributed by atoms with van der Waals surface area (Å²) >= 11 is 1.17. The van der Waals surface area contributed by atoms with Gasteiger partial charge >= 0.3 is 5.97 Å². The molecular weight excluding hydrogens is 390 g/mol. The van der Waals surface area contributed by atoms with Gasteiger partial charge in [-0.15, -0.1) is 11.3 Å². The molecule has 3 N–H and O–H groups in total. The van der Waals surface area contributed by atoms with Crippen LogP contribution in [-0.4, -0.2) is 30.4 Å². The Labute approximate surface area is 159 Å². The molecule has 1 atom stereocenters. The quantitative estimate of drug-likeness (QED) is 0.675. The number of nitrogens with zero attached hydrogens (tertiary/aromatic N) is 1. The zero-order valence-electron chi connectivity index (χ0n) is 14.1. The van der Waals surface area contributed by atoms with Crippen molar-refractivity contribution in [2.75, 3.05) is 10.0 Å². The van der Waals surface area contributed by atoms with Crippen molar-refractivity contribution in [3.8, 4) is 0 Å². The number of carboxylic acids is 1. The molecule has 2 bridgehead atoms. The zero-order valence-corrected chi connectivity index (χ0v) is 15.7. The van der Waals surface area contributed by atoms with Gasteiger partial charge < -0.3 is 10.4 Å². The molecule has 142 valence electrons. The summed E-state index contributed by atoms with van der Waals surface area (Å²) in [6.07, 6.45) is 3.24. The molecule has 1 unspecified atom stereocenters. The van der Waals surface area contributed by atoms with E-state index in [9.17, 15) is 23.1 Å². The van der Waals surface area contributed by atoms with Crippen LogP contribution in [0.25, 0.3) is 0 Å². The minimum atomic E-state index is -3.76. The van der Waals surface area contributed by atoms with Crippen LogP contribution in [0.5, 0.6) is 0 Å². The molecule has 3 aliphatic carbocycles. The van der Waals surface area contributed by atoms with Gasteiger partial charge in [0.1, 0.15) is 0 Å². The fourth-order valence-electron chi connectivity index (χ4n) is 4.08. The van der Waals surface area contributed by atoms with Crippen LogP contribution in [0.3, 0.4) is 0 Å². The summed E-state index contributed by atoms with van der Waals surface area (Å²) in [7, 11) is -3.76. The number of sulfonamides is 1. The molecule has 2 aromatic rings.